The van der Waals surface area contributed by atoms with E-state index in [1.807, 2.05) is 5.41 Å². The second-order valence-electron chi connectivity index (χ2n) is 4.59. The first-order valence-electron chi connectivity index (χ1n) is 6.57. The van der Waals surface area contributed by atoms with Crippen molar-refractivity contribution in [1.29, 1.82) is 0 Å². The lowest BCUT2D eigenvalue weighted by Gasteiger charge is -2.21. The molecule has 0 N–H and O–H groups in total. The second-order valence-corrected chi connectivity index (χ2v) is 6.89. The molecule has 0 amide bonds. The Morgan fingerprint density at radius 3 is 2.35 bits per heavy atom. The van der Waals surface area contributed by atoms with Crippen molar-refractivity contribution in [3.8, 4) is 0 Å². The molecule has 1 aliphatic carbocycles. The summed E-state index contributed by atoms with van der Waals surface area (Å²) in [5.74, 6) is 1.81. The summed E-state index contributed by atoms with van der Waals surface area (Å²) in [6.45, 7) is 14.4. The van der Waals surface area contributed by atoms with Crippen molar-refractivity contribution in [2.45, 2.75) is 39.0 Å². The molecule has 1 heteroatoms. The monoisotopic (exact) mass is 249 g/mol. The first-order valence-corrected chi connectivity index (χ1v) is 8.02. The maximum Gasteiger partial charge on any atom is 0.152 e. The fraction of sp³-hybridized carbons (Fsp3) is 0.500. The Morgan fingerprint density at radius 1 is 1.18 bits per heavy atom. The van der Waals surface area contributed by atoms with E-state index in [0.717, 1.165) is 5.75 Å². The third-order valence-corrected chi connectivity index (χ3v) is 5.30. The SMILES string of the molecule is C=C[S+](CC)C(=C)/C=C\C(=C)C1CCCCC1. The Kier molecular flexibility index (Phi) is 6.43. The summed E-state index contributed by atoms with van der Waals surface area (Å²) in [5, 5.41) is 2.01. The molecule has 0 saturated heterocycles. The van der Waals surface area contributed by atoms with E-state index in [2.05, 4.69) is 38.8 Å². The molecule has 1 atom stereocenters. The van der Waals surface area contributed by atoms with E-state index >= 15 is 0 Å². The van der Waals surface area contributed by atoms with E-state index in [9.17, 15) is 0 Å². The van der Waals surface area contributed by atoms with Gasteiger partial charge in [-0.05, 0) is 38.3 Å². The summed E-state index contributed by atoms with van der Waals surface area (Å²) < 4.78 is 0. The van der Waals surface area contributed by atoms with Crippen LogP contribution in [0.2, 0.25) is 0 Å². The van der Waals surface area contributed by atoms with Crippen molar-refractivity contribution >= 4 is 10.9 Å². The van der Waals surface area contributed by atoms with Crippen LogP contribution in [0.4, 0.5) is 0 Å². The molecular formula is C16H25S+. The number of hydrogen-bond acceptors (Lipinski definition) is 0. The molecule has 0 radical (unpaired) electrons. The molecule has 0 bridgehead atoms. The van der Waals surface area contributed by atoms with E-state index in [1.54, 1.807) is 0 Å². The van der Waals surface area contributed by atoms with Crippen LogP contribution < -0.4 is 0 Å². The molecule has 1 aliphatic rings. The number of rotatable bonds is 6. The van der Waals surface area contributed by atoms with Gasteiger partial charge < -0.3 is 0 Å². The van der Waals surface area contributed by atoms with E-state index < -0.39 is 0 Å². The molecule has 0 spiro atoms. The Hall–Kier alpha value is -0.690. The van der Waals surface area contributed by atoms with Gasteiger partial charge in [-0.15, -0.1) is 0 Å². The smallest absolute Gasteiger partial charge is 0.0955 e. The van der Waals surface area contributed by atoms with E-state index in [0.29, 0.717) is 5.92 Å². The Balaban J connectivity index is 2.49. The number of allylic oxidation sites excluding steroid dienone is 3. The highest BCUT2D eigenvalue weighted by Gasteiger charge is 2.16. The average molecular weight is 249 g/mol. The van der Waals surface area contributed by atoms with Gasteiger partial charge in [-0.2, -0.15) is 0 Å². The molecule has 94 valence electrons. The van der Waals surface area contributed by atoms with Crippen molar-refractivity contribution in [3.63, 3.8) is 0 Å². The zero-order chi connectivity index (χ0) is 12.7. The van der Waals surface area contributed by atoms with Crippen molar-refractivity contribution in [2.24, 2.45) is 5.92 Å². The highest BCUT2D eigenvalue weighted by atomic mass is 32.2. The van der Waals surface area contributed by atoms with Crippen molar-refractivity contribution in [3.05, 3.63) is 47.8 Å². The van der Waals surface area contributed by atoms with E-state index in [4.69, 9.17) is 0 Å². The first-order chi connectivity index (χ1) is 8.19. The highest BCUT2D eigenvalue weighted by molar-refractivity contribution is 8.03. The topological polar surface area (TPSA) is 0 Å². The first kappa shape index (κ1) is 14.4. The van der Waals surface area contributed by atoms with Crippen LogP contribution in [-0.4, -0.2) is 5.75 Å². The predicted octanol–water partition coefficient (Wildman–Crippen LogP) is 4.97. The third kappa shape index (κ3) is 4.59. The Morgan fingerprint density at radius 2 is 1.82 bits per heavy atom. The molecule has 17 heavy (non-hydrogen) atoms. The second kappa shape index (κ2) is 7.60. The summed E-state index contributed by atoms with van der Waals surface area (Å²) in [4.78, 5) is 1.18. The van der Waals surface area contributed by atoms with Gasteiger partial charge in [-0.3, -0.25) is 0 Å². The van der Waals surface area contributed by atoms with Crippen LogP contribution >= 0.6 is 0 Å². The molecule has 0 heterocycles. The van der Waals surface area contributed by atoms with Gasteiger partial charge in [0.1, 0.15) is 11.2 Å². The summed E-state index contributed by atoms with van der Waals surface area (Å²) in [6.07, 6.45) is 11.1. The van der Waals surface area contributed by atoms with Gasteiger partial charge in [0.05, 0.1) is 10.9 Å². The maximum atomic E-state index is 4.21. The molecule has 0 aromatic carbocycles. The van der Waals surface area contributed by atoms with Crippen LogP contribution in [0.3, 0.4) is 0 Å². The van der Waals surface area contributed by atoms with Gasteiger partial charge in [0.2, 0.25) is 0 Å². The van der Waals surface area contributed by atoms with Crippen LogP contribution in [0.5, 0.6) is 0 Å². The summed E-state index contributed by atoms with van der Waals surface area (Å²) in [6, 6.07) is 0. The molecule has 0 aliphatic heterocycles. The largest absolute Gasteiger partial charge is 0.152 e. The summed E-state index contributed by atoms with van der Waals surface area (Å²) in [7, 11) is 0.137. The molecule has 1 rings (SSSR count). The summed E-state index contributed by atoms with van der Waals surface area (Å²) >= 11 is 0. The lowest BCUT2D eigenvalue weighted by atomic mass is 9.84. The lowest BCUT2D eigenvalue weighted by Crippen LogP contribution is -2.07. The summed E-state index contributed by atoms with van der Waals surface area (Å²) in [5.41, 5.74) is 1.29. The van der Waals surface area contributed by atoms with Crippen LogP contribution in [-0.2, 0) is 10.9 Å². The molecule has 0 aromatic rings. The van der Waals surface area contributed by atoms with Crippen LogP contribution in [0.1, 0.15) is 39.0 Å². The highest BCUT2D eigenvalue weighted by Crippen LogP contribution is 2.29. The maximum absolute atomic E-state index is 4.21. The normalized spacial score (nSPS) is 19.1. The van der Waals surface area contributed by atoms with E-state index in [-0.39, 0.29) is 10.9 Å². The molecular weight excluding hydrogens is 224 g/mol. The fourth-order valence-corrected chi connectivity index (χ4v) is 3.37. The Bertz CT molecular complexity index is 305. The van der Waals surface area contributed by atoms with Crippen LogP contribution in [0.25, 0.3) is 0 Å². The molecule has 1 fully saturated rings. The fourth-order valence-electron chi connectivity index (χ4n) is 2.31. The van der Waals surface area contributed by atoms with Crippen LogP contribution in [0, 0.1) is 5.92 Å². The lowest BCUT2D eigenvalue weighted by molar-refractivity contribution is 0.409. The molecule has 1 unspecified atom stereocenters. The zero-order valence-electron chi connectivity index (χ0n) is 11.1. The minimum atomic E-state index is 0.137. The zero-order valence-corrected chi connectivity index (χ0v) is 11.9. The standard InChI is InChI=1S/C16H25S/c1-5-17(6-2)15(4)13-12-14(3)16-10-8-7-9-11-16/h5,12-13,16H,1,3-4,6-11H2,2H3/q+1/b13-12-. The van der Waals surface area contributed by atoms with Gasteiger partial charge in [0.25, 0.3) is 0 Å². The Labute approximate surface area is 110 Å². The van der Waals surface area contributed by atoms with Gasteiger partial charge in [0.15, 0.2) is 4.91 Å². The minimum Gasteiger partial charge on any atom is -0.0955 e. The molecule has 1 saturated carbocycles. The van der Waals surface area contributed by atoms with E-state index in [1.165, 1.54) is 42.6 Å². The van der Waals surface area contributed by atoms with Crippen molar-refractivity contribution in [2.75, 3.05) is 5.75 Å². The predicted molar refractivity (Wildman–Crippen MR) is 82.1 cm³/mol. The third-order valence-electron chi connectivity index (χ3n) is 3.46. The van der Waals surface area contributed by atoms with Gasteiger partial charge >= 0.3 is 0 Å². The quantitative estimate of drug-likeness (QED) is 0.460. The number of hydrogen-bond donors (Lipinski definition) is 0. The minimum absolute atomic E-state index is 0.137. The van der Waals surface area contributed by atoms with Gasteiger partial charge in [-0.25, -0.2) is 0 Å². The van der Waals surface area contributed by atoms with Crippen molar-refractivity contribution < 1.29 is 0 Å². The van der Waals surface area contributed by atoms with Gasteiger partial charge in [0, 0.05) is 0 Å². The molecule has 0 aromatic heterocycles. The average Bonchev–Trinajstić information content (AvgIpc) is 2.38. The van der Waals surface area contributed by atoms with Crippen molar-refractivity contribution in [1.82, 2.24) is 0 Å². The molecule has 0 nitrogen and oxygen atoms in total. The van der Waals surface area contributed by atoms with Crippen LogP contribution in [0.15, 0.2) is 47.8 Å². The van der Waals surface area contributed by atoms with Gasteiger partial charge in [-0.1, -0.05) is 44.1 Å².